The Balaban J connectivity index is 2.36. The molecule has 0 spiro atoms. The number of ether oxygens (including phenoxy) is 2. The summed E-state index contributed by atoms with van der Waals surface area (Å²) >= 11 is 0. The van der Waals surface area contributed by atoms with Crippen molar-refractivity contribution in [2.75, 3.05) is 13.7 Å². The molecule has 0 unspecified atom stereocenters. The molecule has 0 fully saturated rings. The Morgan fingerprint density at radius 1 is 1.07 bits per heavy atom. The van der Waals surface area contributed by atoms with Crippen LogP contribution in [-0.2, 0) is 9.53 Å². The second-order valence-electron chi connectivity index (χ2n) is 8.15. The first-order chi connectivity index (χ1) is 13.7. The Labute approximate surface area is 175 Å². The van der Waals surface area contributed by atoms with Crippen molar-refractivity contribution in [3.05, 3.63) is 78.4 Å². The fourth-order valence-electron chi connectivity index (χ4n) is 3.42. The van der Waals surface area contributed by atoms with Crippen LogP contribution in [0, 0.1) is 0 Å². The van der Waals surface area contributed by atoms with E-state index in [4.69, 9.17) is 9.47 Å². The smallest absolute Gasteiger partial charge is 0.308 e. The lowest BCUT2D eigenvalue weighted by molar-refractivity contribution is -0.156. The Hall–Kier alpha value is -2.59. The molecule has 0 heterocycles. The number of hydrogen-bond donors (Lipinski definition) is 0. The van der Waals surface area contributed by atoms with Gasteiger partial charge in [-0.05, 0) is 51.0 Å². The summed E-state index contributed by atoms with van der Waals surface area (Å²) in [6.45, 7) is 12.4. The Morgan fingerprint density at radius 2 is 1.69 bits per heavy atom. The number of benzene rings is 2. The third-order valence-corrected chi connectivity index (χ3v) is 4.80. The lowest BCUT2D eigenvalue weighted by Gasteiger charge is -2.36. The monoisotopic (exact) mass is 395 g/mol. The molecule has 0 saturated heterocycles. The summed E-state index contributed by atoms with van der Waals surface area (Å²) in [5.74, 6) is 0.618. The molecule has 4 nitrogen and oxygen atoms in total. The van der Waals surface area contributed by atoms with E-state index in [-0.39, 0.29) is 24.5 Å². The highest BCUT2D eigenvalue weighted by Crippen LogP contribution is 2.34. The van der Waals surface area contributed by atoms with Crippen LogP contribution in [-0.4, -0.2) is 30.1 Å². The number of carbonyl (C=O) groups excluding carboxylic acids is 1. The van der Waals surface area contributed by atoms with Crippen LogP contribution >= 0.6 is 0 Å². The van der Waals surface area contributed by atoms with Crippen LogP contribution in [0.4, 0.5) is 0 Å². The van der Waals surface area contributed by atoms with Crippen LogP contribution in [0.15, 0.2) is 67.3 Å². The van der Waals surface area contributed by atoms with Gasteiger partial charge in [0.2, 0.25) is 0 Å². The fraction of sp³-hybridized carbons (Fsp3) is 0.400. The van der Waals surface area contributed by atoms with E-state index < -0.39 is 5.60 Å². The van der Waals surface area contributed by atoms with E-state index in [1.54, 1.807) is 7.11 Å². The zero-order chi connectivity index (χ0) is 21.4. The van der Waals surface area contributed by atoms with Gasteiger partial charge in [-0.1, -0.05) is 48.5 Å². The number of methoxy groups -OCH3 is 1. The Morgan fingerprint density at radius 3 is 2.21 bits per heavy atom. The highest BCUT2D eigenvalue weighted by Gasteiger charge is 2.29. The lowest BCUT2D eigenvalue weighted by Crippen LogP contribution is -2.35. The maximum Gasteiger partial charge on any atom is 0.308 e. The second kappa shape index (κ2) is 10.3. The summed E-state index contributed by atoms with van der Waals surface area (Å²) in [7, 11) is 1.66. The molecular formula is C25H33NO3. The van der Waals surface area contributed by atoms with E-state index in [1.807, 2.05) is 57.2 Å². The predicted octanol–water partition coefficient (Wildman–Crippen LogP) is 5.72. The van der Waals surface area contributed by atoms with Crippen LogP contribution in [0.3, 0.4) is 0 Å². The SMILES string of the molecule is C=CCN([C@H](C)c1ccc(OC)cc1)[C@@H](CC(=O)OC(C)(C)C)c1ccccc1. The molecule has 0 aromatic heterocycles. The number of hydrogen-bond acceptors (Lipinski definition) is 4. The summed E-state index contributed by atoms with van der Waals surface area (Å²) in [4.78, 5) is 15.0. The number of nitrogens with zero attached hydrogens (tertiary/aromatic N) is 1. The van der Waals surface area contributed by atoms with Gasteiger partial charge in [0.25, 0.3) is 0 Å². The van der Waals surface area contributed by atoms with Crippen molar-refractivity contribution >= 4 is 5.97 Å². The van der Waals surface area contributed by atoms with Crippen molar-refractivity contribution in [3.8, 4) is 5.75 Å². The molecular weight excluding hydrogens is 362 g/mol. The third-order valence-electron chi connectivity index (χ3n) is 4.80. The second-order valence-corrected chi connectivity index (χ2v) is 8.15. The molecule has 2 atom stereocenters. The number of esters is 1. The summed E-state index contributed by atoms with van der Waals surface area (Å²) in [6, 6.07) is 18.1. The standard InChI is InChI=1S/C25H33NO3/c1-7-17-26(19(2)20-13-15-22(28-6)16-14-20)23(21-11-9-8-10-12-21)18-24(27)29-25(3,4)5/h7-16,19,23H,1,17-18H2,2-6H3/t19-,23+/m1/s1. The maximum atomic E-state index is 12.7. The number of carbonyl (C=O) groups is 1. The van der Waals surface area contributed by atoms with Gasteiger partial charge < -0.3 is 9.47 Å². The van der Waals surface area contributed by atoms with Gasteiger partial charge in [-0.25, -0.2) is 0 Å². The average molecular weight is 396 g/mol. The molecule has 2 aromatic carbocycles. The van der Waals surface area contributed by atoms with Crippen molar-refractivity contribution in [1.29, 1.82) is 0 Å². The average Bonchev–Trinajstić information content (AvgIpc) is 2.69. The quantitative estimate of drug-likeness (QED) is 0.402. The first kappa shape index (κ1) is 22.7. The van der Waals surface area contributed by atoms with Gasteiger partial charge in [0.15, 0.2) is 0 Å². The highest BCUT2D eigenvalue weighted by atomic mass is 16.6. The molecule has 0 N–H and O–H groups in total. The minimum atomic E-state index is -0.511. The first-order valence-electron chi connectivity index (χ1n) is 10.0. The summed E-state index contributed by atoms with van der Waals surface area (Å²) < 4.78 is 10.9. The topological polar surface area (TPSA) is 38.8 Å². The van der Waals surface area contributed by atoms with Crippen molar-refractivity contribution in [2.45, 2.75) is 51.8 Å². The predicted molar refractivity (Wildman–Crippen MR) is 118 cm³/mol. The van der Waals surface area contributed by atoms with Gasteiger partial charge in [-0.15, -0.1) is 6.58 Å². The van der Waals surface area contributed by atoms with Crippen LogP contribution < -0.4 is 4.74 Å². The van der Waals surface area contributed by atoms with Crippen molar-refractivity contribution in [1.82, 2.24) is 4.90 Å². The molecule has 156 valence electrons. The number of rotatable bonds is 9. The molecule has 0 aliphatic carbocycles. The molecule has 2 aromatic rings. The summed E-state index contributed by atoms with van der Waals surface area (Å²) in [5, 5.41) is 0. The summed E-state index contributed by atoms with van der Waals surface area (Å²) in [5.41, 5.74) is 1.72. The van der Waals surface area contributed by atoms with Crippen LogP contribution in [0.1, 0.15) is 57.3 Å². The first-order valence-corrected chi connectivity index (χ1v) is 10.0. The molecule has 0 amide bonds. The van der Waals surface area contributed by atoms with Crippen molar-refractivity contribution < 1.29 is 14.3 Å². The van der Waals surface area contributed by atoms with Crippen molar-refractivity contribution in [3.63, 3.8) is 0 Å². The third kappa shape index (κ3) is 6.75. The van der Waals surface area contributed by atoms with Crippen LogP contribution in [0.25, 0.3) is 0 Å². The molecule has 4 heteroatoms. The Bertz CT molecular complexity index is 778. The van der Waals surface area contributed by atoms with Gasteiger partial charge in [-0.2, -0.15) is 0 Å². The zero-order valence-electron chi connectivity index (χ0n) is 18.2. The van der Waals surface area contributed by atoms with Crippen molar-refractivity contribution in [2.24, 2.45) is 0 Å². The van der Waals surface area contributed by atoms with Gasteiger partial charge in [0, 0.05) is 18.6 Å². The van der Waals surface area contributed by atoms with Gasteiger partial charge in [0.1, 0.15) is 11.4 Å². The van der Waals surface area contributed by atoms with E-state index in [0.29, 0.717) is 6.54 Å². The summed E-state index contributed by atoms with van der Waals surface area (Å²) in [6.07, 6.45) is 2.15. The molecule has 29 heavy (non-hydrogen) atoms. The van der Waals surface area contributed by atoms with E-state index >= 15 is 0 Å². The molecule has 2 rings (SSSR count). The molecule has 0 saturated carbocycles. The normalized spacial score (nSPS) is 13.6. The van der Waals surface area contributed by atoms with Crippen LogP contribution in [0.2, 0.25) is 0 Å². The molecule has 0 aliphatic rings. The molecule has 0 bridgehead atoms. The van der Waals surface area contributed by atoms with Gasteiger partial charge in [-0.3, -0.25) is 9.69 Å². The lowest BCUT2D eigenvalue weighted by atomic mass is 9.97. The van der Waals surface area contributed by atoms with E-state index in [9.17, 15) is 4.79 Å². The van der Waals surface area contributed by atoms with E-state index in [1.165, 1.54) is 0 Å². The van der Waals surface area contributed by atoms with Gasteiger partial charge >= 0.3 is 5.97 Å². The highest BCUT2D eigenvalue weighted by molar-refractivity contribution is 5.71. The van der Waals surface area contributed by atoms with E-state index in [0.717, 1.165) is 16.9 Å². The fourth-order valence-corrected chi connectivity index (χ4v) is 3.42. The van der Waals surface area contributed by atoms with Gasteiger partial charge in [0.05, 0.1) is 13.5 Å². The minimum absolute atomic E-state index is 0.0755. The Kier molecular flexibility index (Phi) is 8.03. The zero-order valence-corrected chi connectivity index (χ0v) is 18.2. The molecule has 0 radical (unpaired) electrons. The largest absolute Gasteiger partial charge is 0.497 e. The maximum absolute atomic E-state index is 12.7. The van der Waals surface area contributed by atoms with E-state index in [2.05, 4.69) is 42.7 Å². The minimum Gasteiger partial charge on any atom is -0.497 e. The molecule has 0 aliphatic heterocycles. The van der Waals surface area contributed by atoms with Crippen LogP contribution in [0.5, 0.6) is 5.75 Å².